The van der Waals surface area contributed by atoms with E-state index >= 15 is 0 Å². The lowest BCUT2D eigenvalue weighted by Gasteiger charge is -2.14. The van der Waals surface area contributed by atoms with Gasteiger partial charge in [-0.05, 0) is 61.5 Å². The van der Waals surface area contributed by atoms with E-state index in [0.717, 1.165) is 6.07 Å². The normalized spacial score (nSPS) is 12.2. The van der Waals surface area contributed by atoms with Crippen LogP contribution in [-0.2, 0) is 16.2 Å². The van der Waals surface area contributed by atoms with Crippen molar-refractivity contribution >= 4 is 38.2 Å². The third kappa shape index (κ3) is 4.44. The number of halogens is 4. The highest BCUT2D eigenvalue weighted by atomic mass is 35.5. The number of nitrogens with zero attached hydrogens (tertiary/aromatic N) is 2. The SMILES string of the molecule is Cc1nc2ccccc2c(=O)n1-c1ccc(NS(=O)(=O)c2cc(C(F)(F)F)ccc2Cl)cc1. The van der Waals surface area contributed by atoms with Gasteiger partial charge in [0.05, 0.1) is 27.2 Å². The molecule has 0 radical (unpaired) electrons. The number of rotatable bonds is 4. The largest absolute Gasteiger partial charge is 0.416 e. The number of sulfonamides is 1. The van der Waals surface area contributed by atoms with E-state index in [2.05, 4.69) is 9.71 Å². The quantitative estimate of drug-likeness (QED) is 0.425. The van der Waals surface area contributed by atoms with E-state index in [-0.39, 0.29) is 16.3 Å². The Hall–Kier alpha value is -3.37. The first-order chi connectivity index (χ1) is 15.5. The first-order valence-electron chi connectivity index (χ1n) is 9.46. The van der Waals surface area contributed by atoms with Crippen molar-refractivity contribution in [3.63, 3.8) is 0 Å². The van der Waals surface area contributed by atoms with Crippen molar-refractivity contribution in [3.8, 4) is 5.69 Å². The molecular formula is C22H15ClF3N3O3S. The number of aryl methyl sites for hydroxylation is 1. The Balaban J connectivity index is 1.68. The van der Waals surface area contributed by atoms with Gasteiger partial charge in [-0.15, -0.1) is 0 Å². The molecule has 4 aromatic rings. The summed E-state index contributed by atoms with van der Waals surface area (Å²) in [6, 6.07) is 14.7. The smallest absolute Gasteiger partial charge is 0.280 e. The van der Waals surface area contributed by atoms with Crippen LogP contribution in [0.15, 0.2) is 76.4 Å². The minimum atomic E-state index is -4.73. The molecule has 0 unspecified atom stereocenters. The monoisotopic (exact) mass is 493 g/mol. The molecule has 0 aliphatic carbocycles. The Labute approximate surface area is 191 Å². The van der Waals surface area contributed by atoms with Crippen molar-refractivity contribution < 1.29 is 21.6 Å². The van der Waals surface area contributed by atoms with Crippen LogP contribution in [0.4, 0.5) is 18.9 Å². The Morgan fingerprint density at radius 2 is 1.67 bits per heavy atom. The zero-order valence-corrected chi connectivity index (χ0v) is 18.5. The van der Waals surface area contributed by atoms with Gasteiger partial charge >= 0.3 is 6.18 Å². The van der Waals surface area contributed by atoms with Crippen LogP contribution in [0.3, 0.4) is 0 Å². The van der Waals surface area contributed by atoms with E-state index < -0.39 is 26.7 Å². The average Bonchev–Trinajstić information content (AvgIpc) is 2.74. The molecule has 11 heteroatoms. The molecule has 4 rings (SSSR count). The fourth-order valence-electron chi connectivity index (χ4n) is 3.32. The molecule has 0 fully saturated rings. The molecule has 0 aliphatic rings. The van der Waals surface area contributed by atoms with Gasteiger partial charge in [0.2, 0.25) is 0 Å². The van der Waals surface area contributed by atoms with Crippen molar-refractivity contribution in [3.05, 3.63) is 93.5 Å². The van der Waals surface area contributed by atoms with E-state index in [9.17, 15) is 26.4 Å². The summed E-state index contributed by atoms with van der Waals surface area (Å²) in [6.45, 7) is 1.67. The van der Waals surface area contributed by atoms with E-state index in [4.69, 9.17) is 11.6 Å². The lowest BCUT2D eigenvalue weighted by Crippen LogP contribution is -2.22. The predicted molar refractivity (Wildman–Crippen MR) is 119 cm³/mol. The van der Waals surface area contributed by atoms with E-state index in [1.165, 1.54) is 28.8 Å². The molecule has 33 heavy (non-hydrogen) atoms. The van der Waals surface area contributed by atoms with Gasteiger partial charge in [-0.1, -0.05) is 23.7 Å². The molecule has 1 N–H and O–H groups in total. The number of anilines is 1. The van der Waals surface area contributed by atoms with Crippen molar-refractivity contribution in [2.24, 2.45) is 0 Å². The summed E-state index contributed by atoms with van der Waals surface area (Å²) in [5.41, 5.74) is -0.357. The van der Waals surface area contributed by atoms with E-state index in [0.29, 0.717) is 34.5 Å². The average molecular weight is 494 g/mol. The number of hydrogen-bond acceptors (Lipinski definition) is 4. The highest BCUT2D eigenvalue weighted by Gasteiger charge is 2.32. The van der Waals surface area contributed by atoms with Crippen LogP contribution in [0.5, 0.6) is 0 Å². The lowest BCUT2D eigenvalue weighted by molar-refractivity contribution is -0.137. The third-order valence-electron chi connectivity index (χ3n) is 4.87. The second kappa shape index (κ2) is 8.20. The number of para-hydroxylation sites is 1. The molecule has 170 valence electrons. The molecule has 1 aromatic heterocycles. The lowest BCUT2D eigenvalue weighted by atomic mass is 10.2. The van der Waals surface area contributed by atoms with Crippen LogP contribution in [0.2, 0.25) is 5.02 Å². The molecule has 1 heterocycles. The summed E-state index contributed by atoms with van der Waals surface area (Å²) in [6.07, 6.45) is -4.73. The highest BCUT2D eigenvalue weighted by molar-refractivity contribution is 7.92. The summed E-state index contributed by atoms with van der Waals surface area (Å²) in [5, 5.41) is 0.0728. The number of hydrogen-bond donors (Lipinski definition) is 1. The summed E-state index contributed by atoms with van der Waals surface area (Å²) in [5.74, 6) is 0.433. The van der Waals surface area contributed by atoms with Crippen LogP contribution in [0.25, 0.3) is 16.6 Å². The Kier molecular flexibility index (Phi) is 5.67. The summed E-state index contributed by atoms with van der Waals surface area (Å²) < 4.78 is 67.9. The van der Waals surface area contributed by atoms with Gasteiger partial charge in [0.25, 0.3) is 15.6 Å². The molecular weight excluding hydrogens is 479 g/mol. The van der Waals surface area contributed by atoms with Crippen molar-refractivity contribution in [2.75, 3.05) is 4.72 Å². The summed E-state index contributed by atoms with van der Waals surface area (Å²) in [4.78, 5) is 16.6. The topological polar surface area (TPSA) is 81.1 Å². The standard InChI is InChI=1S/C22H15ClF3N3O3S/c1-13-27-19-5-3-2-4-17(19)21(30)29(13)16-9-7-15(8-10-16)28-33(31,32)20-12-14(22(24,25)26)6-11-18(20)23/h2-12,28H,1H3. The van der Waals surface area contributed by atoms with Gasteiger partial charge in [-0.2, -0.15) is 13.2 Å². The first-order valence-corrected chi connectivity index (χ1v) is 11.3. The first kappa shape index (κ1) is 22.8. The van der Waals surface area contributed by atoms with Crippen LogP contribution in [0.1, 0.15) is 11.4 Å². The maximum atomic E-state index is 13.0. The number of fused-ring (bicyclic) bond motifs is 1. The fourth-order valence-corrected chi connectivity index (χ4v) is 4.91. The fraction of sp³-hybridized carbons (Fsp3) is 0.0909. The highest BCUT2D eigenvalue weighted by Crippen LogP contribution is 2.34. The molecule has 0 aliphatic heterocycles. The van der Waals surface area contributed by atoms with E-state index in [1.807, 2.05) is 0 Å². The van der Waals surface area contributed by atoms with Crippen LogP contribution in [0, 0.1) is 6.92 Å². The van der Waals surface area contributed by atoms with Crippen LogP contribution < -0.4 is 10.3 Å². The predicted octanol–water partition coefficient (Wildman–Crippen LogP) is 5.17. The molecule has 0 bridgehead atoms. The zero-order chi connectivity index (χ0) is 24.0. The second-order valence-corrected chi connectivity index (χ2v) is 9.17. The van der Waals surface area contributed by atoms with Crippen LogP contribution in [-0.4, -0.2) is 18.0 Å². The Morgan fingerprint density at radius 3 is 2.33 bits per heavy atom. The minimum absolute atomic E-state index is 0.0756. The van der Waals surface area contributed by atoms with Crippen molar-refractivity contribution in [1.82, 2.24) is 9.55 Å². The number of alkyl halides is 3. The molecule has 0 saturated heterocycles. The number of nitrogens with one attached hydrogen (secondary N) is 1. The van der Waals surface area contributed by atoms with Gasteiger partial charge in [0.1, 0.15) is 10.7 Å². The molecule has 0 saturated carbocycles. The van der Waals surface area contributed by atoms with Crippen LogP contribution >= 0.6 is 11.6 Å². The van der Waals surface area contributed by atoms with Gasteiger partial charge in [-0.3, -0.25) is 14.1 Å². The second-order valence-electron chi connectivity index (χ2n) is 7.11. The maximum absolute atomic E-state index is 13.0. The maximum Gasteiger partial charge on any atom is 0.416 e. The molecule has 0 spiro atoms. The molecule has 0 atom stereocenters. The zero-order valence-electron chi connectivity index (χ0n) is 16.9. The number of aromatic nitrogens is 2. The summed E-state index contributed by atoms with van der Waals surface area (Å²) >= 11 is 5.85. The number of benzene rings is 3. The van der Waals surface area contributed by atoms with Gasteiger partial charge in [0, 0.05) is 5.69 Å². The molecule has 3 aromatic carbocycles. The molecule has 6 nitrogen and oxygen atoms in total. The van der Waals surface area contributed by atoms with Crippen molar-refractivity contribution in [2.45, 2.75) is 18.0 Å². The van der Waals surface area contributed by atoms with Gasteiger partial charge in [0.15, 0.2) is 0 Å². The Morgan fingerprint density at radius 1 is 1.00 bits per heavy atom. The summed E-state index contributed by atoms with van der Waals surface area (Å²) in [7, 11) is -4.41. The van der Waals surface area contributed by atoms with Gasteiger partial charge < -0.3 is 0 Å². The Bertz CT molecular complexity index is 1530. The van der Waals surface area contributed by atoms with Crippen molar-refractivity contribution in [1.29, 1.82) is 0 Å². The van der Waals surface area contributed by atoms with E-state index in [1.54, 1.807) is 31.2 Å². The van der Waals surface area contributed by atoms with Gasteiger partial charge in [-0.25, -0.2) is 13.4 Å². The third-order valence-corrected chi connectivity index (χ3v) is 6.73. The molecule has 0 amide bonds. The minimum Gasteiger partial charge on any atom is -0.280 e.